The smallest absolute Gasteiger partial charge is 0.226 e. The number of aliphatic hydroxyl groups excluding tert-OH is 3. The van der Waals surface area contributed by atoms with E-state index in [-0.39, 0.29) is 5.28 Å². The Balaban J connectivity index is 1.65. The molecule has 1 aromatic carbocycles. The number of fused-ring (bicyclic) bond motifs is 1. The van der Waals surface area contributed by atoms with E-state index in [2.05, 4.69) is 20.3 Å². The number of benzene rings is 1. The zero-order chi connectivity index (χ0) is 19.8. The van der Waals surface area contributed by atoms with E-state index in [4.69, 9.17) is 27.9 Å². The Hall–Kier alpha value is -2.01. The molecule has 2 aromatic heterocycles. The Morgan fingerprint density at radius 3 is 2.71 bits per heavy atom. The average molecular weight is 426 g/mol. The predicted octanol–water partition coefficient (Wildman–Crippen LogP) is 1.36. The van der Waals surface area contributed by atoms with Gasteiger partial charge in [-0.2, -0.15) is 9.97 Å². The molecule has 1 aliphatic heterocycles. The van der Waals surface area contributed by atoms with Crippen LogP contribution in [-0.2, 0) is 11.3 Å². The lowest BCUT2D eigenvalue weighted by molar-refractivity contribution is -0.0511. The molecule has 0 saturated carbocycles. The molecule has 0 spiro atoms. The van der Waals surface area contributed by atoms with E-state index in [9.17, 15) is 15.3 Å². The van der Waals surface area contributed by atoms with E-state index < -0.39 is 31.1 Å². The van der Waals surface area contributed by atoms with Crippen molar-refractivity contribution < 1.29 is 20.1 Å². The van der Waals surface area contributed by atoms with Crippen LogP contribution in [0.4, 0.5) is 5.82 Å². The number of nitrogens with zero attached hydrogens (tertiary/aromatic N) is 4. The minimum absolute atomic E-state index is 0.0189. The van der Waals surface area contributed by atoms with Crippen LogP contribution in [0.3, 0.4) is 0 Å². The number of anilines is 1. The standard InChI is InChI=1S/C17H17Cl2N5O4/c18-9-3-1-2-8(4-9)5-20-14-11-15(23-17(19)22-14)24(7-21-11)16-13(27)12(26)10(6-25)28-16/h1-4,7,10,12-13,16,25-27H,5-6H2,(H,20,22,23)/t10-,12-,13-,16-/m1/s1. The van der Waals surface area contributed by atoms with Crippen molar-refractivity contribution in [2.24, 2.45) is 0 Å². The zero-order valence-corrected chi connectivity index (χ0v) is 15.9. The second-order valence-electron chi connectivity index (χ2n) is 6.38. The molecule has 148 valence electrons. The van der Waals surface area contributed by atoms with Crippen molar-refractivity contribution in [2.75, 3.05) is 11.9 Å². The first kappa shape index (κ1) is 19.3. The summed E-state index contributed by atoms with van der Waals surface area (Å²) >= 11 is 12.1. The second kappa shape index (κ2) is 7.78. The minimum Gasteiger partial charge on any atom is -0.394 e. The molecule has 0 unspecified atom stereocenters. The maximum atomic E-state index is 10.3. The lowest BCUT2D eigenvalue weighted by atomic mass is 10.1. The highest BCUT2D eigenvalue weighted by molar-refractivity contribution is 6.30. The number of hydrogen-bond acceptors (Lipinski definition) is 8. The lowest BCUT2D eigenvalue weighted by Crippen LogP contribution is -2.33. The molecule has 3 aromatic rings. The van der Waals surface area contributed by atoms with E-state index in [0.29, 0.717) is 28.5 Å². The van der Waals surface area contributed by atoms with Gasteiger partial charge in [0, 0.05) is 11.6 Å². The first-order valence-electron chi connectivity index (χ1n) is 8.48. The molecule has 1 fully saturated rings. The Morgan fingerprint density at radius 1 is 1.18 bits per heavy atom. The van der Waals surface area contributed by atoms with E-state index in [1.165, 1.54) is 10.9 Å². The molecule has 0 radical (unpaired) electrons. The third-order valence-corrected chi connectivity index (χ3v) is 4.94. The molecule has 9 nitrogen and oxygen atoms in total. The fourth-order valence-corrected chi connectivity index (χ4v) is 3.52. The van der Waals surface area contributed by atoms with E-state index in [1.54, 1.807) is 6.07 Å². The van der Waals surface area contributed by atoms with Crippen LogP contribution < -0.4 is 5.32 Å². The molecule has 1 saturated heterocycles. The number of halogens is 2. The number of aliphatic hydroxyl groups is 3. The van der Waals surface area contributed by atoms with Gasteiger partial charge in [0.2, 0.25) is 5.28 Å². The molecule has 3 heterocycles. The van der Waals surface area contributed by atoms with Gasteiger partial charge in [0.15, 0.2) is 23.2 Å². The summed E-state index contributed by atoms with van der Waals surface area (Å²) < 4.78 is 7.00. The topological polar surface area (TPSA) is 126 Å². The van der Waals surface area contributed by atoms with Gasteiger partial charge in [0.05, 0.1) is 12.9 Å². The molecule has 1 aliphatic rings. The van der Waals surface area contributed by atoms with Crippen molar-refractivity contribution in [3.63, 3.8) is 0 Å². The fraction of sp³-hybridized carbons (Fsp3) is 0.353. The van der Waals surface area contributed by atoms with E-state index >= 15 is 0 Å². The van der Waals surface area contributed by atoms with Crippen molar-refractivity contribution in [3.8, 4) is 0 Å². The monoisotopic (exact) mass is 425 g/mol. The van der Waals surface area contributed by atoms with Crippen LogP contribution in [-0.4, -0.2) is 59.8 Å². The van der Waals surface area contributed by atoms with Gasteiger partial charge in [-0.1, -0.05) is 23.7 Å². The minimum atomic E-state index is -1.26. The lowest BCUT2D eigenvalue weighted by Gasteiger charge is -2.16. The molecule has 0 bridgehead atoms. The number of rotatable bonds is 5. The summed E-state index contributed by atoms with van der Waals surface area (Å²) in [4.78, 5) is 12.7. The fourth-order valence-electron chi connectivity index (χ4n) is 3.14. The van der Waals surface area contributed by atoms with Crippen LogP contribution in [0.1, 0.15) is 11.8 Å². The highest BCUT2D eigenvalue weighted by Crippen LogP contribution is 2.32. The number of ether oxygens (including phenoxy) is 1. The highest BCUT2D eigenvalue weighted by atomic mass is 35.5. The number of hydrogen-bond donors (Lipinski definition) is 4. The number of imidazole rings is 1. The van der Waals surface area contributed by atoms with Crippen LogP contribution >= 0.6 is 23.2 Å². The normalized spacial score (nSPS) is 24.8. The van der Waals surface area contributed by atoms with Crippen molar-refractivity contribution in [1.82, 2.24) is 19.5 Å². The summed E-state index contributed by atoms with van der Waals surface area (Å²) in [6.07, 6.45) is -2.95. The van der Waals surface area contributed by atoms with Crippen LogP contribution in [0.2, 0.25) is 10.3 Å². The van der Waals surface area contributed by atoms with Gasteiger partial charge in [-0.25, -0.2) is 4.98 Å². The Labute approximate surface area is 169 Å². The zero-order valence-electron chi connectivity index (χ0n) is 14.4. The summed E-state index contributed by atoms with van der Waals surface area (Å²) in [5.74, 6) is 0.403. The summed E-state index contributed by atoms with van der Waals surface area (Å²) in [6, 6.07) is 7.37. The third-order valence-electron chi connectivity index (χ3n) is 4.53. The molecular formula is C17H17Cl2N5O4. The number of aromatic nitrogens is 4. The Bertz CT molecular complexity index is 1000. The SMILES string of the molecule is OC[C@H]1O[C@@H](n2cnc3c(NCc4cccc(Cl)c4)nc(Cl)nc32)[C@H](O)[C@@H]1O. The second-order valence-corrected chi connectivity index (χ2v) is 7.15. The van der Waals surface area contributed by atoms with Gasteiger partial charge in [-0.15, -0.1) is 0 Å². The van der Waals surface area contributed by atoms with Crippen LogP contribution in [0.5, 0.6) is 0 Å². The molecule has 0 amide bonds. The quantitative estimate of drug-likeness (QED) is 0.451. The molecule has 0 aliphatic carbocycles. The van der Waals surface area contributed by atoms with E-state index in [0.717, 1.165) is 5.56 Å². The summed E-state index contributed by atoms with van der Waals surface area (Å²) in [6.45, 7) is 0.00720. The van der Waals surface area contributed by atoms with Crippen molar-refractivity contribution in [1.29, 1.82) is 0 Å². The maximum Gasteiger partial charge on any atom is 0.226 e. The number of nitrogens with one attached hydrogen (secondary N) is 1. The van der Waals surface area contributed by atoms with Gasteiger partial charge in [-0.3, -0.25) is 4.57 Å². The maximum absolute atomic E-state index is 10.3. The van der Waals surface area contributed by atoms with Gasteiger partial charge in [0.1, 0.15) is 18.3 Å². The molecular weight excluding hydrogens is 409 g/mol. The highest BCUT2D eigenvalue weighted by Gasteiger charge is 2.44. The first-order valence-corrected chi connectivity index (χ1v) is 9.24. The first-order chi connectivity index (χ1) is 13.5. The predicted molar refractivity (Wildman–Crippen MR) is 102 cm³/mol. The average Bonchev–Trinajstić information content (AvgIpc) is 3.21. The summed E-state index contributed by atoms with van der Waals surface area (Å²) in [7, 11) is 0. The van der Waals surface area contributed by atoms with Gasteiger partial charge >= 0.3 is 0 Å². The van der Waals surface area contributed by atoms with Gasteiger partial charge in [0.25, 0.3) is 0 Å². The summed E-state index contributed by atoms with van der Waals surface area (Å²) in [5.41, 5.74) is 1.69. The van der Waals surface area contributed by atoms with Gasteiger partial charge < -0.3 is 25.4 Å². The van der Waals surface area contributed by atoms with Crippen molar-refractivity contribution >= 4 is 40.2 Å². The Kier molecular flexibility index (Phi) is 5.37. The molecule has 4 atom stereocenters. The summed E-state index contributed by atoms with van der Waals surface area (Å²) in [5, 5.41) is 33.3. The molecule has 11 heteroatoms. The van der Waals surface area contributed by atoms with Crippen molar-refractivity contribution in [3.05, 3.63) is 46.5 Å². The molecule has 28 heavy (non-hydrogen) atoms. The van der Waals surface area contributed by atoms with E-state index in [1.807, 2.05) is 18.2 Å². The third kappa shape index (κ3) is 3.52. The van der Waals surface area contributed by atoms with Crippen LogP contribution in [0, 0.1) is 0 Å². The van der Waals surface area contributed by atoms with Gasteiger partial charge in [-0.05, 0) is 29.3 Å². The molecule has 4 rings (SSSR count). The van der Waals surface area contributed by atoms with Crippen LogP contribution in [0.25, 0.3) is 11.2 Å². The Morgan fingerprint density at radius 2 is 2.00 bits per heavy atom. The largest absolute Gasteiger partial charge is 0.394 e. The van der Waals surface area contributed by atoms with Crippen LogP contribution in [0.15, 0.2) is 30.6 Å². The van der Waals surface area contributed by atoms with Crippen molar-refractivity contribution in [2.45, 2.75) is 31.1 Å². The molecule has 4 N–H and O–H groups in total.